The molecule has 2 rings (SSSR count). The van der Waals surface area contributed by atoms with Gasteiger partial charge in [0.15, 0.2) is 0 Å². The summed E-state index contributed by atoms with van der Waals surface area (Å²) in [5, 5.41) is 11.2. The molecule has 0 aromatic heterocycles. The number of rotatable bonds is 13. The van der Waals surface area contributed by atoms with Gasteiger partial charge in [-0.25, -0.2) is 4.79 Å². The first-order chi connectivity index (χ1) is 19.3. The summed E-state index contributed by atoms with van der Waals surface area (Å²) in [7, 11) is 0. The Morgan fingerprint density at radius 1 is 0.756 bits per heavy atom. The van der Waals surface area contributed by atoms with E-state index < -0.39 is 47.5 Å². The van der Waals surface area contributed by atoms with Crippen LogP contribution < -0.4 is 21.3 Å². The molecular weight excluding hydrogens is 520 g/mol. The van der Waals surface area contributed by atoms with Gasteiger partial charge in [0.05, 0.1) is 6.04 Å². The SMILES string of the molecule is CC[C@H](C)[C@H](NCc1ccccc1)C(=O)NC(=O)[C@H](Cc1ccccc1)NC(=O)[C@@H](NC(=O)OC(C)(C)C)C(C)C. The Hall–Kier alpha value is -3.72. The van der Waals surface area contributed by atoms with Gasteiger partial charge in [-0.05, 0) is 43.7 Å². The zero-order chi connectivity index (χ0) is 30.6. The van der Waals surface area contributed by atoms with Crippen molar-refractivity contribution in [3.05, 3.63) is 71.8 Å². The molecule has 0 fully saturated rings. The van der Waals surface area contributed by atoms with Gasteiger partial charge in [-0.15, -0.1) is 0 Å². The lowest BCUT2D eigenvalue weighted by Gasteiger charge is -2.28. The fourth-order valence-electron chi connectivity index (χ4n) is 4.19. The van der Waals surface area contributed by atoms with Crippen LogP contribution in [0.5, 0.6) is 0 Å². The molecule has 0 heterocycles. The molecule has 2 aromatic rings. The standard InChI is InChI=1S/C32H46N4O5/c1-8-22(4)27(33-20-24-17-13-10-14-18-24)30(39)36-28(37)25(19-23-15-11-9-12-16-23)34-29(38)26(21(2)3)35-31(40)41-32(5,6)7/h9-18,21-22,25-27,33H,8,19-20H2,1-7H3,(H,34,38)(H,35,40)(H,36,37,39)/t22-,25-,26-,27-/m0/s1. The van der Waals surface area contributed by atoms with E-state index in [9.17, 15) is 19.2 Å². The molecular formula is C32H46N4O5. The number of hydrogen-bond acceptors (Lipinski definition) is 6. The second kappa shape index (κ2) is 15.9. The van der Waals surface area contributed by atoms with E-state index in [1.165, 1.54) is 0 Å². The Labute approximate surface area is 244 Å². The minimum absolute atomic E-state index is 0.0444. The fourth-order valence-corrected chi connectivity index (χ4v) is 4.19. The molecule has 0 aliphatic carbocycles. The monoisotopic (exact) mass is 566 g/mol. The summed E-state index contributed by atoms with van der Waals surface area (Å²) in [6, 6.07) is 16.3. The maximum atomic E-state index is 13.5. The topological polar surface area (TPSA) is 126 Å². The van der Waals surface area contributed by atoms with Crippen LogP contribution in [-0.2, 0) is 32.1 Å². The van der Waals surface area contributed by atoms with Gasteiger partial charge >= 0.3 is 6.09 Å². The van der Waals surface area contributed by atoms with Crippen LogP contribution in [0.3, 0.4) is 0 Å². The first-order valence-electron chi connectivity index (χ1n) is 14.3. The van der Waals surface area contributed by atoms with Crippen molar-refractivity contribution in [2.24, 2.45) is 11.8 Å². The first-order valence-corrected chi connectivity index (χ1v) is 14.3. The average Bonchev–Trinajstić information content (AvgIpc) is 2.91. The van der Waals surface area contributed by atoms with E-state index in [4.69, 9.17) is 4.74 Å². The molecule has 4 N–H and O–H groups in total. The second-order valence-electron chi connectivity index (χ2n) is 11.7. The van der Waals surface area contributed by atoms with Crippen LogP contribution in [0.15, 0.2) is 60.7 Å². The van der Waals surface area contributed by atoms with Crippen LogP contribution in [0.4, 0.5) is 4.79 Å². The summed E-state index contributed by atoms with van der Waals surface area (Å²) in [6.45, 7) is 13.2. The maximum Gasteiger partial charge on any atom is 0.408 e. The van der Waals surface area contributed by atoms with Gasteiger partial charge in [-0.1, -0.05) is 94.8 Å². The number of alkyl carbamates (subject to hydrolysis) is 1. The second-order valence-corrected chi connectivity index (χ2v) is 11.7. The molecule has 2 aromatic carbocycles. The highest BCUT2D eigenvalue weighted by molar-refractivity contribution is 6.01. The van der Waals surface area contributed by atoms with Gasteiger partial charge in [0.1, 0.15) is 17.7 Å². The van der Waals surface area contributed by atoms with E-state index in [0.29, 0.717) is 6.54 Å². The van der Waals surface area contributed by atoms with E-state index in [2.05, 4.69) is 21.3 Å². The Morgan fingerprint density at radius 2 is 1.32 bits per heavy atom. The lowest BCUT2D eigenvalue weighted by atomic mass is 9.97. The van der Waals surface area contributed by atoms with Crippen LogP contribution in [-0.4, -0.2) is 47.5 Å². The lowest BCUT2D eigenvalue weighted by Crippen LogP contribution is -2.58. The highest BCUT2D eigenvalue weighted by Crippen LogP contribution is 2.12. The molecule has 0 radical (unpaired) electrons. The number of hydrogen-bond donors (Lipinski definition) is 4. The molecule has 0 aliphatic rings. The summed E-state index contributed by atoms with van der Waals surface area (Å²) >= 11 is 0. The fraction of sp³-hybridized carbons (Fsp3) is 0.500. The average molecular weight is 567 g/mol. The number of benzene rings is 2. The normalized spacial score (nSPS) is 14.3. The molecule has 0 bridgehead atoms. The minimum Gasteiger partial charge on any atom is -0.444 e. The highest BCUT2D eigenvalue weighted by atomic mass is 16.6. The zero-order valence-corrected chi connectivity index (χ0v) is 25.3. The van der Waals surface area contributed by atoms with Crippen LogP contribution in [0.2, 0.25) is 0 Å². The molecule has 9 heteroatoms. The van der Waals surface area contributed by atoms with E-state index in [1.54, 1.807) is 34.6 Å². The highest BCUT2D eigenvalue weighted by Gasteiger charge is 2.32. The van der Waals surface area contributed by atoms with Crippen molar-refractivity contribution in [3.8, 4) is 0 Å². The molecule has 224 valence electrons. The zero-order valence-electron chi connectivity index (χ0n) is 25.3. The van der Waals surface area contributed by atoms with Crippen molar-refractivity contribution >= 4 is 23.8 Å². The molecule has 0 saturated carbocycles. The number of carbonyl (C=O) groups is 4. The molecule has 4 atom stereocenters. The van der Waals surface area contributed by atoms with Crippen molar-refractivity contribution in [3.63, 3.8) is 0 Å². The third-order valence-electron chi connectivity index (χ3n) is 6.65. The molecule has 0 aliphatic heterocycles. The van der Waals surface area contributed by atoms with Crippen LogP contribution in [0.25, 0.3) is 0 Å². The first kappa shape index (κ1) is 33.5. The minimum atomic E-state index is -1.05. The Balaban J connectivity index is 2.21. The van der Waals surface area contributed by atoms with Crippen molar-refractivity contribution in [2.75, 3.05) is 0 Å². The van der Waals surface area contributed by atoms with Crippen molar-refractivity contribution in [1.29, 1.82) is 0 Å². The van der Waals surface area contributed by atoms with E-state index >= 15 is 0 Å². The van der Waals surface area contributed by atoms with Gasteiger partial charge < -0.3 is 20.7 Å². The van der Waals surface area contributed by atoms with E-state index in [0.717, 1.165) is 17.5 Å². The summed E-state index contributed by atoms with van der Waals surface area (Å²) in [5.41, 5.74) is 1.09. The van der Waals surface area contributed by atoms with Crippen molar-refractivity contribution < 1.29 is 23.9 Å². The summed E-state index contributed by atoms with van der Waals surface area (Å²) in [4.78, 5) is 52.6. The quantitative estimate of drug-likeness (QED) is 0.289. The molecule has 0 unspecified atom stereocenters. The maximum absolute atomic E-state index is 13.5. The number of imide groups is 1. The van der Waals surface area contributed by atoms with Gasteiger partial charge in [0, 0.05) is 13.0 Å². The molecule has 41 heavy (non-hydrogen) atoms. The molecule has 0 spiro atoms. The van der Waals surface area contributed by atoms with Crippen LogP contribution in [0, 0.1) is 11.8 Å². The van der Waals surface area contributed by atoms with Crippen molar-refractivity contribution in [2.45, 2.75) is 91.6 Å². The third kappa shape index (κ3) is 11.7. The van der Waals surface area contributed by atoms with E-state index in [1.807, 2.05) is 74.5 Å². The summed E-state index contributed by atoms with van der Waals surface area (Å²) in [5.74, 6) is -1.96. The molecule has 0 saturated heterocycles. The number of ether oxygens (including phenoxy) is 1. The van der Waals surface area contributed by atoms with Gasteiger partial charge in [-0.3, -0.25) is 19.7 Å². The molecule has 4 amide bonds. The van der Waals surface area contributed by atoms with Gasteiger partial charge in [-0.2, -0.15) is 0 Å². The third-order valence-corrected chi connectivity index (χ3v) is 6.65. The largest absolute Gasteiger partial charge is 0.444 e. The smallest absolute Gasteiger partial charge is 0.408 e. The Morgan fingerprint density at radius 3 is 1.83 bits per heavy atom. The summed E-state index contributed by atoms with van der Waals surface area (Å²) in [6.07, 6.45) is 0.158. The van der Waals surface area contributed by atoms with E-state index in [-0.39, 0.29) is 18.3 Å². The lowest BCUT2D eigenvalue weighted by molar-refractivity contribution is -0.136. The van der Waals surface area contributed by atoms with Gasteiger partial charge in [0.25, 0.3) is 0 Å². The number of carbonyl (C=O) groups excluding carboxylic acids is 4. The van der Waals surface area contributed by atoms with Crippen LogP contribution >= 0.6 is 0 Å². The predicted molar refractivity (Wildman–Crippen MR) is 160 cm³/mol. The van der Waals surface area contributed by atoms with Crippen molar-refractivity contribution in [1.82, 2.24) is 21.3 Å². The summed E-state index contributed by atoms with van der Waals surface area (Å²) < 4.78 is 5.32. The van der Waals surface area contributed by atoms with Crippen LogP contribution in [0.1, 0.15) is 66.0 Å². The molecule has 9 nitrogen and oxygen atoms in total. The van der Waals surface area contributed by atoms with Gasteiger partial charge in [0.2, 0.25) is 17.7 Å². The Bertz CT molecular complexity index is 1130. The number of nitrogens with one attached hydrogen (secondary N) is 4. The number of amides is 4. The Kier molecular flexibility index (Phi) is 13.0. The predicted octanol–water partition coefficient (Wildman–Crippen LogP) is 4.11.